The Bertz CT molecular complexity index is 377. The van der Waals surface area contributed by atoms with Crippen molar-refractivity contribution in [2.24, 2.45) is 0 Å². The van der Waals surface area contributed by atoms with Gasteiger partial charge in [-0.15, -0.1) is 0 Å². The molecule has 1 aliphatic heterocycles. The first kappa shape index (κ1) is 11.9. The number of nitrogens with zero attached hydrogens (tertiary/aromatic N) is 1. The molecule has 1 heterocycles. The van der Waals surface area contributed by atoms with E-state index < -0.39 is 0 Å². The summed E-state index contributed by atoms with van der Waals surface area (Å²) in [6.07, 6.45) is 0.916. The molecule has 1 amide bonds. The molecule has 1 aliphatic rings. The van der Waals surface area contributed by atoms with Gasteiger partial charge in [0.05, 0.1) is 6.04 Å². The van der Waals surface area contributed by atoms with Gasteiger partial charge in [-0.3, -0.25) is 4.79 Å². The first-order valence-electron chi connectivity index (χ1n) is 5.39. The van der Waals surface area contributed by atoms with Gasteiger partial charge in [-0.1, -0.05) is 12.1 Å². The van der Waals surface area contributed by atoms with Crippen molar-refractivity contribution in [2.45, 2.75) is 19.0 Å². The third-order valence-corrected chi connectivity index (χ3v) is 3.61. The van der Waals surface area contributed by atoms with E-state index in [1.54, 1.807) is 4.90 Å². The summed E-state index contributed by atoms with van der Waals surface area (Å²) in [6, 6.07) is 8.36. The van der Waals surface area contributed by atoms with E-state index in [1.165, 1.54) is 9.13 Å². The number of hydrogen-bond acceptors (Lipinski definition) is 2. The smallest absolute Gasteiger partial charge is 0.239 e. The number of nitrogens with one attached hydrogen (secondary N) is 1. The fourth-order valence-electron chi connectivity index (χ4n) is 1.86. The van der Waals surface area contributed by atoms with E-state index in [0.29, 0.717) is 0 Å². The van der Waals surface area contributed by atoms with Gasteiger partial charge in [-0.05, 0) is 46.7 Å². The Kier molecular flexibility index (Phi) is 3.81. The van der Waals surface area contributed by atoms with Crippen LogP contribution in [0.2, 0.25) is 0 Å². The minimum absolute atomic E-state index is 0.00396. The maximum atomic E-state index is 11.6. The molecular weight excluding hydrogens is 315 g/mol. The van der Waals surface area contributed by atoms with Crippen LogP contribution in [0.1, 0.15) is 12.0 Å². The number of halogens is 1. The highest BCUT2D eigenvalue weighted by atomic mass is 127. The van der Waals surface area contributed by atoms with Crippen molar-refractivity contribution in [2.75, 3.05) is 13.6 Å². The average Bonchev–Trinajstić information content (AvgIpc) is 2.60. The molecule has 16 heavy (non-hydrogen) atoms. The highest BCUT2D eigenvalue weighted by Crippen LogP contribution is 2.10. The third-order valence-electron chi connectivity index (χ3n) is 2.89. The molecule has 0 saturated carbocycles. The zero-order valence-electron chi connectivity index (χ0n) is 9.24. The van der Waals surface area contributed by atoms with E-state index in [4.69, 9.17) is 0 Å². The van der Waals surface area contributed by atoms with Crippen molar-refractivity contribution in [3.63, 3.8) is 0 Å². The summed E-state index contributed by atoms with van der Waals surface area (Å²) >= 11 is 2.29. The van der Waals surface area contributed by atoms with Crippen molar-refractivity contribution >= 4 is 28.5 Å². The van der Waals surface area contributed by atoms with Crippen LogP contribution in [0.15, 0.2) is 24.3 Å². The molecule has 4 heteroatoms. The van der Waals surface area contributed by atoms with E-state index in [9.17, 15) is 4.79 Å². The number of carbonyl (C=O) groups is 1. The molecule has 1 aromatic rings. The van der Waals surface area contributed by atoms with Gasteiger partial charge in [0.1, 0.15) is 0 Å². The highest BCUT2D eigenvalue weighted by Gasteiger charge is 2.28. The molecule has 1 saturated heterocycles. The van der Waals surface area contributed by atoms with Crippen LogP contribution in [0.25, 0.3) is 0 Å². The van der Waals surface area contributed by atoms with Crippen LogP contribution in [0.3, 0.4) is 0 Å². The Morgan fingerprint density at radius 1 is 1.44 bits per heavy atom. The van der Waals surface area contributed by atoms with Crippen molar-refractivity contribution in [3.8, 4) is 0 Å². The number of rotatable bonds is 3. The highest BCUT2D eigenvalue weighted by molar-refractivity contribution is 14.1. The lowest BCUT2D eigenvalue weighted by Gasteiger charge is -2.12. The van der Waals surface area contributed by atoms with Gasteiger partial charge in [-0.2, -0.15) is 0 Å². The average molecular weight is 330 g/mol. The SMILES string of the molecule is CN1CCC(NCc2ccc(I)cc2)C1=O. The fraction of sp³-hybridized carbons (Fsp3) is 0.417. The van der Waals surface area contributed by atoms with Crippen LogP contribution >= 0.6 is 22.6 Å². The van der Waals surface area contributed by atoms with E-state index in [0.717, 1.165) is 19.5 Å². The van der Waals surface area contributed by atoms with E-state index in [-0.39, 0.29) is 11.9 Å². The quantitative estimate of drug-likeness (QED) is 0.854. The molecule has 0 aromatic heterocycles. The summed E-state index contributed by atoms with van der Waals surface area (Å²) in [5.41, 5.74) is 1.22. The van der Waals surface area contributed by atoms with E-state index in [2.05, 4.69) is 52.2 Å². The second-order valence-corrected chi connectivity index (χ2v) is 5.35. The summed E-state index contributed by atoms with van der Waals surface area (Å²) in [7, 11) is 1.86. The van der Waals surface area contributed by atoms with Gasteiger partial charge in [0.25, 0.3) is 0 Å². The van der Waals surface area contributed by atoms with E-state index >= 15 is 0 Å². The van der Waals surface area contributed by atoms with Gasteiger partial charge >= 0.3 is 0 Å². The third kappa shape index (κ3) is 2.74. The van der Waals surface area contributed by atoms with Crippen LogP contribution < -0.4 is 5.32 Å². The normalized spacial score (nSPS) is 20.5. The van der Waals surface area contributed by atoms with Gasteiger partial charge in [0, 0.05) is 23.7 Å². The van der Waals surface area contributed by atoms with Crippen LogP contribution in [0, 0.1) is 3.57 Å². The molecule has 1 N–H and O–H groups in total. The lowest BCUT2D eigenvalue weighted by atomic mass is 10.2. The number of carbonyl (C=O) groups excluding carboxylic acids is 1. The van der Waals surface area contributed by atoms with Crippen LogP contribution in [0.5, 0.6) is 0 Å². The molecule has 1 atom stereocenters. The Labute approximate surface area is 109 Å². The molecule has 0 aliphatic carbocycles. The van der Waals surface area contributed by atoms with Gasteiger partial charge in [-0.25, -0.2) is 0 Å². The lowest BCUT2D eigenvalue weighted by molar-refractivity contribution is -0.128. The zero-order chi connectivity index (χ0) is 11.5. The number of hydrogen-bond donors (Lipinski definition) is 1. The molecule has 1 unspecified atom stereocenters. The number of likely N-dealkylation sites (N-methyl/N-ethyl adjacent to an activating group) is 1. The summed E-state index contributed by atoms with van der Waals surface area (Å²) in [6.45, 7) is 1.63. The van der Waals surface area contributed by atoms with Gasteiger partial charge < -0.3 is 10.2 Å². The van der Waals surface area contributed by atoms with Gasteiger partial charge in [0.2, 0.25) is 5.91 Å². The van der Waals surface area contributed by atoms with Crippen LogP contribution in [-0.4, -0.2) is 30.4 Å². The molecule has 1 fully saturated rings. The molecule has 86 valence electrons. The predicted octanol–water partition coefficient (Wildman–Crippen LogP) is 1.61. The molecule has 2 rings (SSSR count). The van der Waals surface area contributed by atoms with Gasteiger partial charge in [0.15, 0.2) is 0 Å². The first-order valence-corrected chi connectivity index (χ1v) is 6.47. The summed E-state index contributed by atoms with van der Waals surface area (Å²) in [5, 5.41) is 3.30. The minimum atomic E-state index is 0.00396. The molecule has 0 spiro atoms. The Balaban J connectivity index is 1.88. The molecular formula is C12H15IN2O. The predicted molar refractivity (Wildman–Crippen MR) is 72.0 cm³/mol. The van der Waals surface area contributed by atoms with Crippen molar-refractivity contribution in [1.29, 1.82) is 0 Å². The summed E-state index contributed by atoms with van der Waals surface area (Å²) < 4.78 is 1.23. The summed E-state index contributed by atoms with van der Waals surface area (Å²) in [5.74, 6) is 0.213. The molecule has 0 bridgehead atoms. The van der Waals surface area contributed by atoms with Crippen molar-refractivity contribution in [1.82, 2.24) is 10.2 Å². The zero-order valence-corrected chi connectivity index (χ0v) is 11.4. The topological polar surface area (TPSA) is 32.3 Å². The minimum Gasteiger partial charge on any atom is -0.344 e. The van der Waals surface area contributed by atoms with Crippen LogP contribution in [-0.2, 0) is 11.3 Å². The van der Waals surface area contributed by atoms with Crippen LogP contribution in [0.4, 0.5) is 0 Å². The molecule has 3 nitrogen and oxygen atoms in total. The van der Waals surface area contributed by atoms with Crippen molar-refractivity contribution in [3.05, 3.63) is 33.4 Å². The van der Waals surface area contributed by atoms with Crippen molar-refractivity contribution < 1.29 is 4.79 Å². The maximum absolute atomic E-state index is 11.6. The number of benzene rings is 1. The molecule has 0 radical (unpaired) electrons. The number of likely N-dealkylation sites (tertiary alicyclic amines) is 1. The number of amides is 1. The Morgan fingerprint density at radius 2 is 2.12 bits per heavy atom. The fourth-order valence-corrected chi connectivity index (χ4v) is 2.21. The van der Waals surface area contributed by atoms with E-state index in [1.807, 2.05) is 7.05 Å². The monoisotopic (exact) mass is 330 g/mol. The second kappa shape index (κ2) is 5.14. The summed E-state index contributed by atoms with van der Waals surface area (Å²) in [4.78, 5) is 13.4. The largest absolute Gasteiger partial charge is 0.344 e. The second-order valence-electron chi connectivity index (χ2n) is 4.11. The first-order chi connectivity index (χ1) is 7.66. The Morgan fingerprint density at radius 3 is 2.69 bits per heavy atom. The maximum Gasteiger partial charge on any atom is 0.239 e. The lowest BCUT2D eigenvalue weighted by Crippen LogP contribution is -2.36. The molecule has 1 aromatic carbocycles. The standard InChI is InChI=1S/C12H15IN2O/c1-15-7-6-11(12(15)16)14-8-9-2-4-10(13)5-3-9/h2-5,11,14H,6-8H2,1H3. The Hall–Kier alpha value is -0.620.